The van der Waals surface area contributed by atoms with E-state index in [1.54, 1.807) is 0 Å². The van der Waals surface area contributed by atoms with Crippen LogP contribution < -0.4 is 5.32 Å². The van der Waals surface area contributed by atoms with Crippen LogP contribution in [0.1, 0.15) is 35.4 Å². The summed E-state index contributed by atoms with van der Waals surface area (Å²) in [5, 5.41) is 4.31. The standard InChI is InChI=1S/C17H18ClN/c1-12-10-15(18)8-9-17(12)19-11-14-4-2-3-5-16(14)13-6-7-13/h2-5,8-10,13,19H,6-7,11H2,1H3. The monoisotopic (exact) mass is 271 g/mol. The van der Waals surface area contributed by atoms with Crippen LogP contribution in [-0.4, -0.2) is 0 Å². The molecule has 0 aromatic heterocycles. The highest BCUT2D eigenvalue weighted by molar-refractivity contribution is 6.30. The first-order valence-corrected chi connectivity index (χ1v) is 7.19. The summed E-state index contributed by atoms with van der Waals surface area (Å²) in [7, 11) is 0. The van der Waals surface area contributed by atoms with Crippen LogP contribution >= 0.6 is 11.6 Å². The van der Waals surface area contributed by atoms with E-state index in [1.807, 2.05) is 12.1 Å². The van der Waals surface area contributed by atoms with Crippen LogP contribution in [0.15, 0.2) is 42.5 Å². The molecule has 98 valence electrons. The number of hydrogen-bond donors (Lipinski definition) is 1. The minimum absolute atomic E-state index is 0.793. The Hall–Kier alpha value is -1.47. The fourth-order valence-corrected chi connectivity index (χ4v) is 2.73. The fourth-order valence-electron chi connectivity index (χ4n) is 2.50. The quantitative estimate of drug-likeness (QED) is 0.812. The highest BCUT2D eigenvalue weighted by Crippen LogP contribution is 2.41. The van der Waals surface area contributed by atoms with Crippen molar-refractivity contribution in [3.8, 4) is 0 Å². The maximum atomic E-state index is 5.98. The first kappa shape index (κ1) is 12.6. The molecular formula is C17H18ClN. The number of nitrogens with one attached hydrogen (secondary N) is 1. The van der Waals surface area contributed by atoms with E-state index in [-0.39, 0.29) is 0 Å². The van der Waals surface area contributed by atoms with Gasteiger partial charge >= 0.3 is 0 Å². The van der Waals surface area contributed by atoms with E-state index in [0.29, 0.717) is 0 Å². The predicted octanol–water partition coefficient (Wildman–Crippen LogP) is 5.14. The zero-order chi connectivity index (χ0) is 13.2. The Morgan fingerprint density at radius 3 is 2.68 bits per heavy atom. The van der Waals surface area contributed by atoms with Crippen LogP contribution in [0.3, 0.4) is 0 Å². The van der Waals surface area contributed by atoms with Crippen molar-refractivity contribution in [2.45, 2.75) is 32.2 Å². The number of aryl methyl sites for hydroxylation is 1. The molecule has 2 aromatic rings. The second-order valence-corrected chi connectivity index (χ2v) is 5.72. The van der Waals surface area contributed by atoms with Crippen molar-refractivity contribution >= 4 is 17.3 Å². The molecule has 1 aliphatic rings. The summed E-state index contributed by atoms with van der Waals surface area (Å²) >= 11 is 5.98. The van der Waals surface area contributed by atoms with Crippen LogP contribution in [0.25, 0.3) is 0 Å². The largest absolute Gasteiger partial charge is 0.381 e. The molecule has 0 amide bonds. The van der Waals surface area contributed by atoms with Crippen molar-refractivity contribution in [3.63, 3.8) is 0 Å². The molecule has 1 N–H and O–H groups in total. The molecule has 2 heteroatoms. The van der Waals surface area contributed by atoms with Crippen molar-refractivity contribution < 1.29 is 0 Å². The van der Waals surface area contributed by atoms with Crippen LogP contribution in [0.5, 0.6) is 0 Å². The molecule has 1 saturated carbocycles. The van der Waals surface area contributed by atoms with Crippen molar-refractivity contribution in [3.05, 3.63) is 64.2 Å². The Morgan fingerprint density at radius 2 is 1.95 bits per heavy atom. The van der Waals surface area contributed by atoms with E-state index in [9.17, 15) is 0 Å². The summed E-state index contributed by atoms with van der Waals surface area (Å²) in [6, 6.07) is 14.7. The smallest absolute Gasteiger partial charge is 0.0410 e. The van der Waals surface area contributed by atoms with Crippen molar-refractivity contribution in [1.82, 2.24) is 0 Å². The van der Waals surface area contributed by atoms with E-state index in [0.717, 1.165) is 23.2 Å². The van der Waals surface area contributed by atoms with Crippen molar-refractivity contribution in [2.75, 3.05) is 5.32 Å². The number of anilines is 1. The van der Waals surface area contributed by atoms with Crippen LogP contribution in [0.4, 0.5) is 5.69 Å². The zero-order valence-corrected chi connectivity index (χ0v) is 11.9. The van der Waals surface area contributed by atoms with E-state index in [1.165, 1.54) is 29.5 Å². The van der Waals surface area contributed by atoms with E-state index >= 15 is 0 Å². The van der Waals surface area contributed by atoms with Crippen LogP contribution in [0.2, 0.25) is 5.02 Å². The zero-order valence-electron chi connectivity index (χ0n) is 11.1. The molecule has 1 aliphatic carbocycles. The molecule has 19 heavy (non-hydrogen) atoms. The van der Waals surface area contributed by atoms with Gasteiger partial charge in [-0.2, -0.15) is 0 Å². The average Bonchev–Trinajstić information content (AvgIpc) is 3.22. The van der Waals surface area contributed by atoms with Crippen molar-refractivity contribution in [2.24, 2.45) is 0 Å². The lowest BCUT2D eigenvalue weighted by Gasteiger charge is -2.13. The molecule has 1 nitrogen and oxygen atoms in total. The van der Waals surface area contributed by atoms with Gasteiger partial charge in [-0.25, -0.2) is 0 Å². The minimum Gasteiger partial charge on any atom is -0.381 e. The molecule has 0 atom stereocenters. The first-order chi connectivity index (χ1) is 9.24. The second-order valence-electron chi connectivity index (χ2n) is 5.29. The molecule has 0 heterocycles. The molecule has 3 rings (SSSR count). The topological polar surface area (TPSA) is 12.0 Å². The summed E-state index contributed by atoms with van der Waals surface area (Å²) in [5.74, 6) is 0.796. The van der Waals surface area contributed by atoms with Crippen LogP contribution in [0, 0.1) is 6.92 Å². The Kier molecular flexibility index (Phi) is 3.48. The lowest BCUT2D eigenvalue weighted by molar-refractivity contribution is 1.03. The molecule has 1 fully saturated rings. The molecular weight excluding hydrogens is 254 g/mol. The normalized spacial score (nSPS) is 14.4. The van der Waals surface area contributed by atoms with E-state index < -0.39 is 0 Å². The predicted molar refractivity (Wildman–Crippen MR) is 81.9 cm³/mol. The van der Waals surface area contributed by atoms with Crippen molar-refractivity contribution in [1.29, 1.82) is 0 Å². The Balaban J connectivity index is 1.75. The van der Waals surface area contributed by atoms with E-state index in [4.69, 9.17) is 11.6 Å². The summed E-state index contributed by atoms with van der Waals surface area (Å²) in [6.07, 6.45) is 2.69. The second kappa shape index (κ2) is 5.26. The number of benzene rings is 2. The van der Waals surface area contributed by atoms with E-state index in [2.05, 4.69) is 42.6 Å². The highest BCUT2D eigenvalue weighted by atomic mass is 35.5. The number of halogens is 1. The van der Waals surface area contributed by atoms with Crippen LogP contribution in [-0.2, 0) is 6.54 Å². The Labute approximate surface area is 119 Å². The lowest BCUT2D eigenvalue weighted by atomic mass is 10.0. The maximum absolute atomic E-state index is 5.98. The summed E-state index contributed by atoms with van der Waals surface area (Å²) in [5.41, 5.74) is 5.28. The molecule has 0 bridgehead atoms. The van der Waals surface area contributed by atoms with Gasteiger partial charge in [-0.1, -0.05) is 35.9 Å². The highest BCUT2D eigenvalue weighted by Gasteiger charge is 2.25. The third-order valence-corrected chi connectivity index (χ3v) is 3.97. The molecule has 0 spiro atoms. The summed E-state index contributed by atoms with van der Waals surface area (Å²) < 4.78 is 0. The lowest BCUT2D eigenvalue weighted by Crippen LogP contribution is -2.03. The van der Waals surface area contributed by atoms with Gasteiger partial charge in [-0.15, -0.1) is 0 Å². The van der Waals surface area contributed by atoms with Gasteiger partial charge in [0.1, 0.15) is 0 Å². The minimum atomic E-state index is 0.793. The molecule has 0 aliphatic heterocycles. The van der Waals surface area contributed by atoms with Gasteiger partial charge in [-0.05, 0) is 60.6 Å². The average molecular weight is 272 g/mol. The fraction of sp³-hybridized carbons (Fsp3) is 0.294. The Morgan fingerprint density at radius 1 is 1.16 bits per heavy atom. The van der Waals surface area contributed by atoms with Gasteiger partial charge < -0.3 is 5.32 Å². The number of rotatable bonds is 4. The third kappa shape index (κ3) is 2.93. The summed E-state index contributed by atoms with van der Waals surface area (Å²) in [4.78, 5) is 0. The molecule has 0 unspecified atom stereocenters. The maximum Gasteiger partial charge on any atom is 0.0410 e. The SMILES string of the molecule is Cc1cc(Cl)ccc1NCc1ccccc1C1CC1. The van der Waals surface area contributed by atoms with Gasteiger partial charge in [0.2, 0.25) is 0 Å². The molecule has 0 radical (unpaired) electrons. The third-order valence-electron chi connectivity index (χ3n) is 3.73. The summed E-state index contributed by atoms with van der Waals surface area (Å²) in [6.45, 7) is 2.97. The first-order valence-electron chi connectivity index (χ1n) is 6.82. The molecule has 2 aromatic carbocycles. The van der Waals surface area contributed by atoms with Gasteiger partial charge in [0.05, 0.1) is 0 Å². The van der Waals surface area contributed by atoms with Gasteiger partial charge in [0, 0.05) is 17.3 Å². The Bertz CT molecular complexity index is 588. The van der Waals surface area contributed by atoms with Gasteiger partial charge in [0.25, 0.3) is 0 Å². The van der Waals surface area contributed by atoms with Gasteiger partial charge in [-0.3, -0.25) is 0 Å². The number of hydrogen-bond acceptors (Lipinski definition) is 1. The van der Waals surface area contributed by atoms with Gasteiger partial charge in [0.15, 0.2) is 0 Å². The molecule has 0 saturated heterocycles.